The van der Waals surface area contributed by atoms with Crippen molar-refractivity contribution in [1.82, 2.24) is 4.90 Å². The standard InChI is InChI=1S/C19H21NO2/c1-15(12-16-8-10-18(11-9-16)19(21)22)13-20(2)14-17-6-4-3-5-7-17/h3-12H,13-14H2,1-2H3,(H,21,22)/b15-12+. The molecule has 1 N–H and O–H groups in total. The van der Waals surface area contributed by atoms with Crippen LogP contribution in [-0.2, 0) is 6.54 Å². The topological polar surface area (TPSA) is 40.5 Å². The summed E-state index contributed by atoms with van der Waals surface area (Å²) in [5.74, 6) is -0.894. The van der Waals surface area contributed by atoms with Crippen molar-refractivity contribution in [2.75, 3.05) is 13.6 Å². The van der Waals surface area contributed by atoms with Crippen LogP contribution < -0.4 is 0 Å². The first kappa shape index (κ1) is 16.0. The minimum absolute atomic E-state index is 0.316. The van der Waals surface area contributed by atoms with Crippen molar-refractivity contribution in [2.24, 2.45) is 0 Å². The molecule has 3 nitrogen and oxygen atoms in total. The van der Waals surface area contributed by atoms with Crippen molar-refractivity contribution in [2.45, 2.75) is 13.5 Å². The highest BCUT2D eigenvalue weighted by molar-refractivity contribution is 5.87. The molecule has 0 fully saturated rings. The maximum absolute atomic E-state index is 10.8. The molecule has 0 aliphatic heterocycles. The molecular formula is C19H21NO2. The van der Waals surface area contributed by atoms with E-state index in [1.54, 1.807) is 12.1 Å². The lowest BCUT2D eigenvalue weighted by atomic mass is 10.1. The van der Waals surface area contributed by atoms with Crippen LogP contribution in [0.15, 0.2) is 60.2 Å². The van der Waals surface area contributed by atoms with E-state index in [2.05, 4.69) is 49.2 Å². The molecular weight excluding hydrogens is 274 g/mol. The van der Waals surface area contributed by atoms with Gasteiger partial charge in [0, 0.05) is 13.1 Å². The van der Waals surface area contributed by atoms with Crippen molar-refractivity contribution in [1.29, 1.82) is 0 Å². The molecule has 0 atom stereocenters. The van der Waals surface area contributed by atoms with Crippen LogP contribution in [0.4, 0.5) is 0 Å². The number of aromatic carboxylic acids is 1. The Morgan fingerprint density at radius 1 is 1.09 bits per heavy atom. The maximum atomic E-state index is 10.8. The molecule has 0 bridgehead atoms. The number of nitrogens with zero attached hydrogens (tertiary/aromatic N) is 1. The molecule has 2 aromatic rings. The van der Waals surface area contributed by atoms with Gasteiger partial charge in [0.05, 0.1) is 5.56 Å². The number of carboxylic acid groups (broad SMARTS) is 1. The SMILES string of the molecule is C/C(=C\c1ccc(C(=O)O)cc1)CN(C)Cc1ccccc1. The fourth-order valence-corrected chi connectivity index (χ4v) is 2.43. The minimum Gasteiger partial charge on any atom is -0.478 e. The van der Waals surface area contributed by atoms with E-state index in [0.717, 1.165) is 18.7 Å². The normalized spacial score (nSPS) is 11.7. The molecule has 3 heteroatoms. The zero-order chi connectivity index (χ0) is 15.9. The summed E-state index contributed by atoms with van der Waals surface area (Å²) >= 11 is 0. The van der Waals surface area contributed by atoms with Crippen LogP contribution in [0.3, 0.4) is 0 Å². The maximum Gasteiger partial charge on any atom is 0.335 e. The highest BCUT2D eigenvalue weighted by atomic mass is 16.4. The molecule has 2 rings (SSSR count). The van der Waals surface area contributed by atoms with E-state index in [9.17, 15) is 4.79 Å². The lowest BCUT2D eigenvalue weighted by Crippen LogP contribution is -2.19. The Labute approximate surface area is 131 Å². The summed E-state index contributed by atoms with van der Waals surface area (Å²) in [5.41, 5.74) is 3.87. The second-order valence-electron chi connectivity index (χ2n) is 5.58. The second kappa shape index (κ2) is 7.57. The highest BCUT2D eigenvalue weighted by Gasteiger charge is 2.03. The predicted molar refractivity (Wildman–Crippen MR) is 89.8 cm³/mol. The van der Waals surface area contributed by atoms with Crippen molar-refractivity contribution >= 4 is 12.0 Å². The first-order chi connectivity index (χ1) is 10.5. The van der Waals surface area contributed by atoms with Gasteiger partial charge < -0.3 is 5.11 Å². The summed E-state index contributed by atoms with van der Waals surface area (Å²) in [5, 5.41) is 8.89. The van der Waals surface area contributed by atoms with Crippen LogP contribution in [0.2, 0.25) is 0 Å². The van der Waals surface area contributed by atoms with Crippen molar-refractivity contribution in [3.05, 3.63) is 76.9 Å². The number of hydrogen-bond donors (Lipinski definition) is 1. The highest BCUT2D eigenvalue weighted by Crippen LogP contribution is 2.11. The molecule has 114 valence electrons. The third-order valence-corrected chi connectivity index (χ3v) is 3.39. The molecule has 0 aromatic heterocycles. The third kappa shape index (κ3) is 4.86. The second-order valence-corrected chi connectivity index (χ2v) is 5.58. The molecule has 0 saturated carbocycles. The van der Waals surface area contributed by atoms with Gasteiger partial charge in [0.1, 0.15) is 0 Å². The fourth-order valence-electron chi connectivity index (χ4n) is 2.43. The molecule has 0 heterocycles. The van der Waals surface area contributed by atoms with E-state index in [4.69, 9.17) is 5.11 Å². The predicted octanol–water partition coefficient (Wildman–Crippen LogP) is 3.92. The van der Waals surface area contributed by atoms with Gasteiger partial charge in [-0.05, 0) is 37.2 Å². The monoisotopic (exact) mass is 295 g/mol. The van der Waals surface area contributed by atoms with Crippen LogP contribution in [0.25, 0.3) is 6.08 Å². The van der Waals surface area contributed by atoms with E-state index in [0.29, 0.717) is 5.56 Å². The molecule has 22 heavy (non-hydrogen) atoms. The number of carbonyl (C=O) groups is 1. The Kier molecular flexibility index (Phi) is 5.50. The Bertz CT molecular complexity index is 645. The summed E-state index contributed by atoms with van der Waals surface area (Å²) in [4.78, 5) is 13.1. The Balaban J connectivity index is 1.95. The Hall–Kier alpha value is -2.39. The summed E-state index contributed by atoms with van der Waals surface area (Å²) in [6.07, 6.45) is 2.09. The molecule has 0 radical (unpaired) electrons. The third-order valence-electron chi connectivity index (χ3n) is 3.39. The smallest absolute Gasteiger partial charge is 0.335 e. The quantitative estimate of drug-likeness (QED) is 0.878. The largest absolute Gasteiger partial charge is 0.478 e. The Morgan fingerprint density at radius 2 is 1.73 bits per heavy atom. The molecule has 0 saturated heterocycles. The average Bonchev–Trinajstić information content (AvgIpc) is 2.48. The summed E-state index contributed by atoms with van der Waals surface area (Å²) < 4.78 is 0. The fraction of sp³-hybridized carbons (Fsp3) is 0.211. The van der Waals surface area contributed by atoms with Crippen LogP contribution in [0.5, 0.6) is 0 Å². The zero-order valence-electron chi connectivity index (χ0n) is 13.0. The van der Waals surface area contributed by atoms with Gasteiger partial charge >= 0.3 is 5.97 Å². The van der Waals surface area contributed by atoms with Gasteiger partial charge in [-0.3, -0.25) is 4.90 Å². The zero-order valence-corrected chi connectivity index (χ0v) is 13.0. The minimum atomic E-state index is -0.894. The van der Waals surface area contributed by atoms with Gasteiger partial charge in [0.15, 0.2) is 0 Å². The lowest BCUT2D eigenvalue weighted by Gasteiger charge is -2.17. The van der Waals surface area contributed by atoms with Crippen molar-refractivity contribution in [3.63, 3.8) is 0 Å². The van der Waals surface area contributed by atoms with E-state index >= 15 is 0 Å². The van der Waals surface area contributed by atoms with E-state index < -0.39 is 5.97 Å². The first-order valence-electron chi connectivity index (χ1n) is 7.27. The number of benzene rings is 2. The molecule has 2 aromatic carbocycles. The molecule has 0 amide bonds. The Morgan fingerprint density at radius 3 is 2.32 bits per heavy atom. The number of carboxylic acids is 1. The van der Waals surface area contributed by atoms with E-state index in [1.165, 1.54) is 11.1 Å². The van der Waals surface area contributed by atoms with E-state index in [1.807, 2.05) is 18.2 Å². The van der Waals surface area contributed by atoms with Gasteiger partial charge in [0.2, 0.25) is 0 Å². The van der Waals surface area contributed by atoms with Gasteiger partial charge in [-0.15, -0.1) is 0 Å². The van der Waals surface area contributed by atoms with Crippen LogP contribution in [-0.4, -0.2) is 29.6 Å². The number of hydrogen-bond acceptors (Lipinski definition) is 2. The van der Waals surface area contributed by atoms with Gasteiger partial charge in [-0.2, -0.15) is 0 Å². The van der Waals surface area contributed by atoms with Gasteiger partial charge in [-0.25, -0.2) is 4.79 Å². The van der Waals surface area contributed by atoms with E-state index in [-0.39, 0.29) is 0 Å². The van der Waals surface area contributed by atoms with Gasteiger partial charge in [0.25, 0.3) is 0 Å². The molecule has 0 aliphatic carbocycles. The van der Waals surface area contributed by atoms with Crippen molar-refractivity contribution in [3.8, 4) is 0 Å². The summed E-state index contributed by atoms with van der Waals surface area (Å²) in [7, 11) is 2.10. The lowest BCUT2D eigenvalue weighted by molar-refractivity contribution is 0.0697. The molecule has 0 aliphatic rings. The van der Waals surface area contributed by atoms with Crippen molar-refractivity contribution < 1.29 is 9.90 Å². The molecule has 0 spiro atoms. The van der Waals surface area contributed by atoms with Crippen LogP contribution in [0.1, 0.15) is 28.4 Å². The molecule has 0 unspecified atom stereocenters. The van der Waals surface area contributed by atoms with Gasteiger partial charge in [-0.1, -0.05) is 54.1 Å². The van der Waals surface area contributed by atoms with Crippen LogP contribution in [0, 0.1) is 0 Å². The summed E-state index contributed by atoms with van der Waals surface area (Å²) in [6, 6.07) is 17.3. The average molecular weight is 295 g/mol. The number of likely N-dealkylation sites (N-methyl/N-ethyl adjacent to an activating group) is 1. The first-order valence-corrected chi connectivity index (χ1v) is 7.27. The van der Waals surface area contributed by atoms with Crippen LogP contribution >= 0.6 is 0 Å². The summed E-state index contributed by atoms with van der Waals surface area (Å²) in [6.45, 7) is 3.87. The number of rotatable bonds is 6.